The molecule has 8 heteroatoms. The number of likely N-dealkylation sites (tertiary alicyclic amines) is 2. The molecule has 3 rings (SSSR count). The molecule has 0 radical (unpaired) electrons. The summed E-state index contributed by atoms with van der Waals surface area (Å²) >= 11 is 0. The number of rotatable bonds is 5. The number of piperidine rings is 1. The zero-order chi connectivity index (χ0) is 19.6. The summed E-state index contributed by atoms with van der Waals surface area (Å²) in [5.41, 5.74) is -0.940. The largest absolute Gasteiger partial charge is 0.478 e. The molecule has 7 nitrogen and oxygen atoms in total. The molecule has 2 amide bonds. The van der Waals surface area contributed by atoms with Crippen LogP contribution in [0.4, 0.5) is 4.39 Å². The van der Waals surface area contributed by atoms with Crippen LogP contribution in [-0.2, 0) is 14.4 Å². The fraction of sp³-hybridized carbons (Fsp3) is 0.526. The minimum Gasteiger partial charge on any atom is -0.478 e. The first-order valence-electron chi connectivity index (χ1n) is 9.05. The fourth-order valence-corrected chi connectivity index (χ4v) is 3.55. The standard InChI is InChI=1S/C19H23FN2O5/c1-13-11-14(20)4-5-15(13)27-19(18(25)26)6-9-21(10-7-19)17(24)12-22-8-2-3-16(22)23/h4-5,11H,2-3,6-10,12H2,1H3,(H,25,26). The molecule has 0 saturated carbocycles. The Labute approximate surface area is 156 Å². The van der Waals surface area contributed by atoms with E-state index in [1.54, 1.807) is 16.7 Å². The lowest BCUT2D eigenvalue weighted by Crippen LogP contribution is -2.55. The normalized spacial score (nSPS) is 19.3. The van der Waals surface area contributed by atoms with Gasteiger partial charge in [-0.2, -0.15) is 0 Å². The van der Waals surface area contributed by atoms with Crippen LogP contribution >= 0.6 is 0 Å². The molecule has 0 unspecified atom stereocenters. The van der Waals surface area contributed by atoms with E-state index in [0.717, 1.165) is 6.42 Å². The molecule has 2 fully saturated rings. The number of carboxylic acid groups (broad SMARTS) is 1. The first kappa shape index (κ1) is 19.1. The van der Waals surface area contributed by atoms with Crippen molar-refractivity contribution in [2.45, 2.75) is 38.2 Å². The van der Waals surface area contributed by atoms with Crippen molar-refractivity contribution >= 4 is 17.8 Å². The van der Waals surface area contributed by atoms with Gasteiger partial charge in [0.05, 0.1) is 6.54 Å². The summed E-state index contributed by atoms with van der Waals surface area (Å²) in [5, 5.41) is 9.73. The minimum absolute atomic E-state index is 0.0182. The molecule has 0 spiro atoms. The van der Waals surface area contributed by atoms with Gasteiger partial charge in [0.2, 0.25) is 17.4 Å². The van der Waals surface area contributed by atoms with Crippen molar-refractivity contribution in [1.82, 2.24) is 9.80 Å². The van der Waals surface area contributed by atoms with Gasteiger partial charge in [-0.1, -0.05) is 0 Å². The van der Waals surface area contributed by atoms with Crippen LogP contribution < -0.4 is 4.74 Å². The summed E-state index contributed by atoms with van der Waals surface area (Å²) in [7, 11) is 0. The molecule has 2 aliphatic heterocycles. The molecule has 0 atom stereocenters. The van der Waals surface area contributed by atoms with Crippen LogP contribution in [0.3, 0.4) is 0 Å². The number of ether oxygens (including phenoxy) is 1. The molecule has 1 N–H and O–H groups in total. The number of carbonyl (C=O) groups excluding carboxylic acids is 2. The van der Waals surface area contributed by atoms with Crippen LogP contribution in [0.1, 0.15) is 31.2 Å². The Kier molecular flexibility index (Phi) is 5.34. The molecule has 2 aliphatic rings. The van der Waals surface area contributed by atoms with E-state index in [-0.39, 0.29) is 44.3 Å². The van der Waals surface area contributed by atoms with Gasteiger partial charge in [-0.15, -0.1) is 0 Å². The van der Waals surface area contributed by atoms with Crippen molar-refractivity contribution in [1.29, 1.82) is 0 Å². The second kappa shape index (κ2) is 7.54. The number of hydrogen-bond donors (Lipinski definition) is 1. The van der Waals surface area contributed by atoms with Crippen LogP contribution in [0.25, 0.3) is 0 Å². The highest BCUT2D eigenvalue weighted by atomic mass is 19.1. The predicted octanol–water partition coefficient (Wildman–Crippen LogP) is 1.58. The number of aryl methyl sites for hydroxylation is 1. The molecule has 27 heavy (non-hydrogen) atoms. The van der Waals surface area contributed by atoms with Gasteiger partial charge in [-0.25, -0.2) is 9.18 Å². The van der Waals surface area contributed by atoms with E-state index in [4.69, 9.17) is 4.74 Å². The van der Waals surface area contributed by atoms with E-state index >= 15 is 0 Å². The summed E-state index contributed by atoms with van der Waals surface area (Å²) in [6, 6.07) is 3.94. The van der Waals surface area contributed by atoms with Crippen molar-refractivity contribution in [2.75, 3.05) is 26.2 Å². The SMILES string of the molecule is Cc1cc(F)ccc1OC1(C(=O)O)CCN(C(=O)CN2CCCC2=O)CC1. The second-order valence-electron chi connectivity index (χ2n) is 7.11. The van der Waals surface area contributed by atoms with Gasteiger partial charge in [0.15, 0.2) is 0 Å². The average molecular weight is 378 g/mol. The smallest absolute Gasteiger partial charge is 0.348 e. The Hall–Kier alpha value is -2.64. The highest BCUT2D eigenvalue weighted by molar-refractivity contribution is 5.86. The van der Waals surface area contributed by atoms with E-state index in [0.29, 0.717) is 24.3 Å². The quantitative estimate of drug-likeness (QED) is 0.841. The molecule has 0 bridgehead atoms. The van der Waals surface area contributed by atoms with Crippen molar-refractivity contribution in [3.63, 3.8) is 0 Å². The summed E-state index contributed by atoms with van der Waals surface area (Å²) < 4.78 is 19.1. The number of amides is 2. The van der Waals surface area contributed by atoms with E-state index < -0.39 is 17.4 Å². The van der Waals surface area contributed by atoms with Crippen molar-refractivity contribution in [3.8, 4) is 5.75 Å². The molecule has 146 valence electrons. The Morgan fingerprint density at radius 2 is 1.96 bits per heavy atom. The number of benzene rings is 1. The lowest BCUT2D eigenvalue weighted by Gasteiger charge is -2.39. The number of carbonyl (C=O) groups is 3. The third-order valence-electron chi connectivity index (χ3n) is 5.25. The molecule has 2 saturated heterocycles. The summed E-state index contributed by atoms with van der Waals surface area (Å²) in [4.78, 5) is 39.1. The number of hydrogen-bond acceptors (Lipinski definition) is 4. The van der Waals surface area contributed by atoms with Gasteiger partial charge in [-0.3, -0.25) is 9.59 Å². The topological polar surface area (TPSA) is 87.2 Å². The van der Waals surface area contributed by atoms with E-state index in [2.05, 4.69) is 0 Å². The Bertz CT molecular complexity index is 758. The lowest BCUT2D eigenvalue weighted by molar-refractivity contribution is -0.162. The van der Waals surface area contributed by atoms with Crippen molar-refractivity contribution < 1.29 is 28.6 Å². The van der Waals surface area contributed by atoms with Gasteiger partial charge < -0.3 is 19.6 Å². The van der Waals surface area contributed by atoms with Crippen LogP contribution in [0.15, 0.2) is 18.2 Å². The average Bonchev–Trinajstić information content (AvgIpc) is 3.02. The third kappa shape index (κ3) is 4.04. The summed E-state index contributed by atoms with van der Waals surface area (Å²) in [6.07, 6.45) is 1.48. The zero-order valence-electron chi connectivity index (χ0n) is 15.2. The predicted molar refractivity (Wildman–Crippen MR) is 93.8 cm³/mol. The number of halogens is 1. The van der Waals surface area contributed by atoms with E-state index in [1.165, 1.54) is 18.2 Å². The number of carboxylic acids is 1. The Balaban J connectivity index is 1.65. The monoisotopic (exact) mass is 378 g/mol. The van der Waals surface area contributed by atoms with Gasteiger partial charge in [0, 0.05) is 38.9 Å². The Morgan fingerprint density at radius 1 is 1.26 bits per heavy atom. The molecule has 1 aromatic rings. The summed E-state index contributed by atoms with van der Waals surface area (Å²) in [5.74, 6) is -1.40. The lowest BCUT2D eigenvalue weighted by atomic mass is 9.90. The Morgan fingerprint density at radius 3 is 2.52 bits per heavy atom. The van der Waals surface area contributed by atoms with Gasteiger partial charge >= 0.3 is 5.97 Å². The third-order valence-corrected chi connectivity index (χ3v) is 5.25. The van der Waals surface area contributed by atoms with Crippen LogP contribution in [0, 0.1) is 12.7 Å². The zero-order valence-corrected chi connectivity index (χ0v) is 15.2. The molecule has 2 heterocycles. The van der Waals surface area contributed by atoms with Crippen molar-refractivity contribution in [3.05, 3.63) is 29.6 Å². The maximum atomic E-state index is 13.3. The van der Waals surface area contributed by atoms with E-state index in [1.807, 2.05) is 0 Å². The highest BCUT2D eigenvalue weighted by Gasteiger charge is 2.45. The maximum absolute atomic E-state index is 13.3. The fourth-order valence-electron chi connectivity index (χ4n) is 3.55. The molecule has 0 aliphatic carbocycles. The molecule has 0 aromatic heterocycles. The van der Waals surface area contributed by atoms with Gasteiger partial charge in [0.25, 0.3) is 0 Å². The number of nitrogens with zero attached hydrogens (tertiary/aromatic N) is 2. The van der Waals surface area contributed by atoms with Crippen LogP contribution in [0.2, 0.25) is 0 Å². The first-order chi connectivity index (χ1) is 12.8. The molecule has 1 aromatic carbocycles. The molecular formula is C19H23FN2O5. The van der Waals surface area contributed by atoms with Gasteiger partial charge in [-0.05, 0) is 37.1 Å². The minimum atomic E-state index is -1.46. The van der Waals surface area contributed by atoms with Gasteiger partial charge in [0.1, 0.15) is 11.6 Å². The van der Waals surface area contributed by atoms with Crippen molar-refractivity contribution in [2.24, 2.45) is 0 Å². The van der Waals surface area contributed by atoms with E-state index in [9.17, 15) is 23.9 Å². The van der Waals surface area contributed by atoms with Crippen LogP contribution in [0.5, 0.6) is 5.75 Å². The summed E-state index contributed by atoms with van der Waals surface area (Å²) in [6.45, 7) is 2.74. The highest BCUT2D eigenvalue weighted by Crippen LogP contribution is 2.31. The molecular weight excluding hydrogens is 355 g/mol. The number of aliphatic carboxylic acids is 1. The maximum Gasteiger partial charge on any atom is 0.348 e. The first-order valence-corrected chi connectivity index (χ1v) is 9.05. The second-order valence-corrected chi connectivity index (χ2v) is 7.11. The van der Waals surface area contributed by atoms with Crippen LogP contribution in [-0.4, -0.2) is 64.5 Å².